The van der Waals surface area contributed by atoms with Crippen molar-refractivity contribution in [2.45, 2.75) is 6.04 Å². The SMILES string of the molecule is COc1ccc(C#C[C@H]2c3ccc(OC)c(OC)c3C(=O)N2c2ccc(OC)cc2)cc1. The lowest BCUT2D eigenvalue weighted by Crippen LogP contribution is -2.27. The Bertz CT molecular complexity index is 1190. The van der Waals surface area contributed by atoms with Gasteiger partial charge >= 0.3 is 0 Å². The second-order valence-corrected chi connectivity index (χ2v) is 7.04. The Kier molecular flexibility index (Phi) is 5.91. The van der Waals surface area contributed by atoms with Gasteiger partial charge in [-0.2, -0.15) is 0 Å². The molecule has 1 atom stereocenters. The number of fused-ring (bicyclic) bond motifs is 1. The molecule has 6 heteroatoms. The van der Waals surface area contributed by atoms with Crippen LogP contribution in [0.3, 0.4) is 0 Å². The van der Waals surface area contributed by atoms with E-state index in [-0.39, 0.29) is 5.91 Å². The standard InChI is InChI=1S/C26H23NO5/c1-29-19-10-5-17(6-11-19)7-15-22-21-14-16-23(31-3)25(32-4)24(21)26(28)27(22)18-8-12-20(30-2)13-9-18/h5-6,8-14,16,22H,1-4H3/t22-/m0/s1. The van der Waals surface area contributed by atoms with Crippen molar-refractivity contribution in [3.8, 4) is 34.8 Å². The highest BCUT2D eigenvalue weighted by atomic mass is 16.5. The molecule has 1 aliphatic rings. The first-order valence-corrected chi connectivity index (χ1v) is 9.99. The highest BCUT2D eigenvalue weighted by molar-refractivity contribution is 6.14. The van der Waals surface area contributed by atoms with Crippen molar-refractivity contribution in [1.29, 1.82) is 0 Å². The molecular formula is C26H23NO5. The van der Waals surface area contributed by atoms with Gasteiger partial charge in [-0.15, -0.1) is 0 Å². The zero-order chi connectivity index (χ0) is 22.7. The molecule has 3 aromatic carbocycles. The number of benzene rings is 3. The molecule has 0 aliphatic carbocycles. The molecule has 32 heavy (non-hydrogen) atoms. The molecule has 3 aromatic rings. The van der Waals surface area contributed by atoms with E-state index in [1.165, 1.54) is 7.11 Å². The fourth-order valence-corrected chi connectivity index (χ4v) is 3.74. The van der Waals surface area contributed by atoms with E-state index in [1.54, 1.807) is 32.3 Å². The van der Waals surface area contributed by atoms with Crippen molar-refractivity contribution in [3.05, 3.63) is 77.4 Å². The molecule has 1 amide bonds. The number of carbonyl (C=O) groups is 1. The normalized spacial score (nSPS) is 14.3. The van der Waals surface area contributed by atoms with Gasteiger partial charge in [0.25, 0.3) is 5.91 Å². The fourth-order valence-electron chi connectivity index (χ4n) is 3.74. The van der Waals surface area contributed by atoms with Gasteiger partial charge in [-0.25, -0.2) is 0 Å². The zero-order valence-corrected chi connectivity index (χ0v) is 18.3. The van der Waals surface area contributed by atoms with Crippen LogP contribution >= 0.6 is 0 Å². The predicted molar refractivity (Wildman–Crippen MR) is 122 cm³/mol. The van der Waals surface area contributed by atoms with Gasteiger partial charge in [-0.1, -0.05) is 17.9 Å². The van der Waals surface area contributed by atoms with Gasteiger partial charge in [0.2, 0.25) is 0 Å². The molecule has 4 rings (SSSR count). The summed E-state index contributed by atoms with van der Waals surface area (Å²) in [7, 11) is 6.30. The van der Waals surface area contributed by atoms with E-state index < -0.39 is 6.04 Å². The second kappa shape index (κ2) is 8.94. The van der Waals surface area contributed by atoms with Crippen LogP contribution in [0.15, 0.2) is 60.7 Å². The van der Waals surface area contributed by atoms with Gasteiger partial charge in [0.1, 0.15) is 17.5 Å². The van der Waals surface area contributed by atoms with E-state index in [0.29, 0.717) is 28.5 Å². The lowest BCUT2D eigenvalue weighted by molar-refractivity contribution is 0.0991. The van der Waals surface area contributed by atoms with Gasteiger partial charge in [0.05, 0.1) is 34.0 Å². The minimum Gasteiger partial charge on any atom is -0.497 e. The third kappa shape index (κ3) is 3.69. The topological polar surface area (TPSA) is 57.2 Å². The number of nitrogens with zero attached hydrogens (tertiary/aromatic N) is 1. The van der Waals surface area contributed by atoms with E-state index in [2.05, 4.69) is 11.8 Å². The number of hydrogen-bond donors (Lipinski definition) is 0. The van der Waals surface area contributed by atoms with Crippen LogP contribution in [-0.4, -0.2) is 34.3 Å². The summed E-state index contributed by atoms with van der Waals surface area (Å²) in [6, 6.07) is 18.0. The first-order valence-electron chi connectivity index (χ1n) is 9.99. The number of methoxy groups -OCH3 is 4. The Morgan fingerprint density at radius 2 is 1.38 bits per heavy atom. The van der Waals surface area contributed by atoms with Crippen LogP contribution < -0.4 is 23.8 Å². The van der Waals surface area contributed by atoms with E-state index in [0.717, 1.165) is 16.9 Å². The summed E-state index contributed by atoms with van der Waals surface area (Å²) in [6.45, 7) is 0. The lowest BCUT2D eigenvalue weighted by atomic mass is 10.0. The molecule has 0 saturated heterocycles. The minimum atomic E-state index is -0.493. The molecule has 0 bridgehead atoms. The van der Waals surface area contributed by atoms with Crippen LogP contribution in [0, 0.1) is 11.8 Å². The number of amides is 1. The van der Waals surface area contributed by atoms with E-state index >= 15 is 0 Å². The van der Waals surface area contributed by atoms with Crippen molar-refractivity contribution >= 4 is 11.6 Å². The van der Waals surface area contributed by atoms with Crippen molar-refractivity contribution in [2.75, 3.05) is 33.3 Å². The van der Waals surface area contributed by atoms with Gasteiger partial charge in [-0.3, -0.25) is 9.69 Å². The third-order valence-electron chi connectivity index (χ3n) is 5.36. The van der Waals surface area contributed by atoms with Gasteiger partial charge < -0.3 is 18.9 Å². The van der Waals surface area contributed by atoms with Crippen LogP contribution in [0.5, 0.6) is 23.0 Å². The molecule has 0 unspecified atom stereocenters. The van der Waals surface area contributed by atoms with Gasteiger partial charge in [-0.05, 0) is 54.6 Å². The zero-order valence-electron chi connectivity index (χ0n) is 18.3. The van der Waals surface area contributed by atoms with Crippen LogP contribution in [0.25, 0.3) is 0 Å². The summed E-state index contributed by atoms with van der Waals surface area (Å²) in [5.41, 5.74) is 2.75. The molecule has 0 saturated carbocycles. The highest BCUT2D eigenvalue weighted by Crippen LogP contribution is 2.45. The molecule has 6 nitrogen and oxygen atoms in total. The average molecular weight is 429 g/mol. The molecule has 0 N–H and O–H groups in total. The summed E-state index contributed by atoms with van der Waals surface area (Å²) >= 11 is 0. The van der Waals surface area contributed by atoms with Gasteiger partial charge in [0.15, 0.2) is 11.5 Å². The van der Waals surface area contributed by atoms with Crippen LogP contribution in [0.4, 0.5) is 5.69 Å². The Morgan fingerprint density at radius 1 is 0.750 bits per heavy atom. The van der Waals surface area contributed by atoms with Crippen LogP contribution in [0.1, 0.15) is 27.5 Å². The van der Waals surface area contributed by atoms with Crippen molar-refractivity contribution < 1.29 is 23.7 Å². The van der Waals surface area contributed by atoms with Crippen LogP contribution in [0.2, 0.25) is 0 Å². The second-order valence-electron chi connectivity index (χ2n) is 7.04. The van der Waals surface area contributed by atoms with Crippen molar-refractivity contribution in [3.63, 3.8) is 0 Å². The first-order chi connectivity index (χ1) is 15.6. The maximum atomic E-state index is 13.6. The molecule has 162 valence electrons. The Morgan fingerprint density at radius 3 is 1.94 bits per heavy atom. The Hall–Kier alpha value is -4.11. The molecule has 0 spiro atoms. The Labute approximate surface area is 187 Å². The molecule has 1 aliphatic heterocycles. The fraction of sp³-hybridized carbons (Fsp3) is 0.192. The molecular weight excluding hydrogens is 406 g/mol. The first kappa shape index (κ1) is 21.1. The maximum Gasteiger partial charge on any atom is 0.263 e. The molecule has 1 heterocycles. The number of ether oxygens (including phenoxy) is 4. The van der Waals surface area contributed by atoms with E-state index in [4.69, 9.17) is 18.9 Å². The monoisotopic (exact) mass is 429 g/mol. The summed E-state index contributed by atoms with van der Waals surface area (Å²) in [5.74, 6) is 8.63. The van der Waals surface area contributed by atoms with E-state index in [9.17, 15) is 4.79 Å². The van der Waals surface area contributed by atoms with Gasteiger partial charge in [0, 0.05) is 16.8 Å². The number of carbonyl (C=O) groups excluding carboxylic acids is 1. The van der Waals surface area contributed by atoms with Crippen molar-refractivity contribution in [2.24, 2.45) is 0 Å². The Balaban J connectivity index is 1.83. The smallest absolute Gasteiger partial charge is 0.263 e. The number of anilines is 1. The lowest BCUT2D eigenvalue weighted by Gasteiger charge is -2.21. The highest BCUT2D eigenvalue weighted by Gasteiger charge is 2.40. The number of rotatable bonds is 5. The predicted octanol–water partition coefficient (Wildman–Crippen LogP) is 4.47. The summed E-state index contributed by atoms with van der Waals surface area (Å²) in [4.78, 5) is 15.2. The maximum absolute atomic E-state index is 13.6. The van der Waals surface area contributed by atoms with Crippen LogP contribution in [-0.2, 0) is 0 Å². The number of hydrogen-bond acceptors (Lipinski definition) is 5. The third-order valence-corrected chi connectivity index (χ3v) is 5.36. The quantitative estimate of drug-likeness (QED) is 0.560. The summed E-state index contributed by atoms with van der Waals surface area (Å²) in [6.07, 6.45) is 0. The summed E-state index contributed by atoms with van der Waals surface area (Å²) in [5, 5.41) is 0. The van der Waals surface area contributed by atoms with Crippen molar-refractivity contribution in [1.82, 2.24) is 0 Å². The average Bonchev–Trinajstić information content (AvgIpc) is 3.13. The van der Waals surface area contributed by atoms with E-state index in [1.807, 2.05) is 54.6 Å². The molecule has 0 fully saturated rings. The summed E-state index contributed by atoms with van der Waals surface area (Å²) < 4.78 is 21.4. The molecule has 0 radical (unpaired) electrons. The molecule has 0 aromatic heterocycles. The minimum absolute atomic E-state index is 0.199. The largest absolute Gasteiger partial charge is 0.497 e.